The molecule has 3 nitrogen and oxygen atoms in total. The molecule has 1 unspecified atom stereocenters. The van der Waals surface area contributed by atoms with E-state index in [0.717, 1.165) is 17.0 Å². The monoisotopic (exact) mass is 247 g/mol. The summed E-state index contributed by atoms with van der Waals surface area (Å²) in [7, 11) is 0. The Hall–Kier alpha value is -1.51. The number of carbonyl (C=O) groups is 1. The Morgan fingerprint density at radius 1 is 1.28 bits per heavy atom. The predicted molar refractivity (Wildman–Crippen MR) is 73.0 cm³/mol. The third-order valence-electron chi connectivity index (χ3n) is 3.19. The van der Waals surface area contributed by atoms with Crippen LogP contribution in [0.4, 0.5) is 5.69 Å². The fourth-order valence-electron chi connectivity index (χ4n) is 2.18. The van der Waals surface area contributed by atoms with Crippen molar-refractivity contribution < 1.29 is 9.53 Å². The minimum Gasteiger partial charge on any atom is -0.478 e. The van der Waals surface area contributed by atoms with Crippen molar-refractivity contribution in [2.75, 3.05) is 5.32 Å². The van der Waals surface area contributed by atoms with E-state index in [1.54, 1.807) is 0 Å². The van der Waals surface area contributed by atoms with Gasteiger partial charge in [0, 0.05) is 5.56 Å². The van der Waals surface area contributed by atoms with Gasteiger partial charge < -0.3 is 10.1 Å². The smallest absolute Gasteiger partial charge is 0.265 e. The number of hydrogen-bond donors (Lipinski definition) is 1. The highest BCUT2D eigenvalue weighted by Crippen LogP contribution is 2.40. The first-order valence-electron chi connectivity index (χ1n) is 6.41. The summed E-state index contributed by atoms with van der Waals surface area (Å²) in [6.07, 6.45) is -0.402. The molecule has 0 saturated carbocycles. The zero-order valence-electron chi connectivity index (χ0n) is 11.7. The maximum atomic E-state index is 11.9. The molecule has 1 aliphatic rings. The molecule has 0 aromatic heterocycles. The van der Waals surface area contributed by atoms with Crippen LogP contribution in [-0.4, -0.2) is 12.0 Å². The molecule has 1 aromatic carbocycles. The predicted octanol–water partition coefficient (Wildman–Crippen LogP) is 3.34. The van der Waals surface area contributed by atoms with E-state index in [0.29, 0.717) is 0 Å². The van der Waals surface area contributed by atoms with Crippen LogP contribution in [0.15, 0.2) is 18.2 Å². The molecule has 0 aliphatic carbocycles. The van der Waals surface area contributed by atoms with Gasteiger partial charge in [-0.05, 0) is 17.4 Å². The van der Waals surface area contributed by atoms with Crippen LogP contribution in [0.25, 0.3) is 0 Å². The molecule has 1 aromatic rings. The second kappa shape index (κ2) is 4.30. The average molecular weight is 247 g/mol. The lowest BCUT2D eigenvalue weighted by Gasteiger charge is -2.32. The molecule has 1 amide bonds. The maximum absolute atomic E-state index is 11.9. The van der Waals surface area contributed by atoms with Crippen LogP contribution in [0, 0.1) is 5.92 Å². The Bertz CT molecular complexity index is 472. The van der Waals surface area contributed by atoms with Crippen LogP contribution in [0.2, 0.25) is 0 Å². The number of anilines is 1. The maximum Gasteiger partial charge on any atom is 0.265 e. The summed E-state index contributed by atoms with van der Waals surface area (Å²) in [5.74, 6) is 0.929. The van der Waals surface area contributed by atoms with Gasteiger partial charge in [-0.2, -0.15) is 0 Å². The van der Waals surface area contributed by atoms with Crippen molar-refractivity contribution >= 4 is 11.6 Å². The molecular weight excluding hydrogens is 226 g/mol. The summed E-state index contributed by atoms with van der Waals surface area (Å²) < 4.78 is 5.95. The number of benzene rings is 1. The topological polar surface area (TPSA) is 38.3 Å². The van der Waals surface area contributed by atoms with Crippen molar-refractivity contribution in [2.24, 2.45) is 5.92 Å². The van der Waals surface area contributed by atoms with E-state index in [2.05, 4.69) is 32.2 Å². The number of carbonyl (C=O) groups excluding carboxylic acids is 1. The quantitative estimate of drug-likeness (QED) is 0.826. The van der Waals surface area contributed by atoms with Gasteiger partial charge in [0.2, 0.25) is 0 Å². The summed E-state index contributed by atoms with van der Waals surface area (Å²) >= 11 is 0. The highest BCUT2D eigenvalue weighted by atomic mass is 16.5. The number of fused-ring (bicyclic) bond motifs is 1. The molecule has 0 spiro atoms. The number of amides is 1. The lowest BCUT2D eigenvalue weighted by atomic mass is 9.85. The fraction of sp³-hybridized carbons (Fsp3) is 0.533. The molecule has 1 aliphatic heterocycles. The Labute approximate surface area is 109 Å². The number of para-hydroxylation sites is 1. The van der Waals surface area contributed by atoms with Crippen molar-refractivity contribution in [3.8, 4) is 5.75 Å². The number of hydrogen-bond acceptors (Lipinski definition) is 2. The van der Waals surface area contributed by atoms with Gasteiger partial charge in [0.15, 0.2) is 6.10 Å². The van der Waals surface area contributed by atoms with Gasteiger partial charge >= 0.3 is 0 Å². The molecule has 1 N–H and O–H groups in total. The lowest BCUT2D eigenvalue weighted by molar-refractivity contribution is -0.125. The normalized spacial score (nSPS) is 19.2. The molecule has 98 valence electrons. The van der Waals surface area contributed by atoms with Crippen LogP contribution in [0.5, 0.6) is 5.75 Å². The van der Waals surface area contributed by atoms with E-state index >= 15 is 0 Å². The lowest BCUT2D eigenvalue weighted by Crippen LogP contribution is -2.41. The zero-order chi connectivity index (χ0) is 13.5. The number of rotatable bonds is 1. The molecule has 3 heteroatoms. The summed E-state index contributed by atoms with van der Waals surface area (Å²) in [5, 5.41) is 2.94. The van der Waals surface area contributed by atoms with Gasteiger partial charge in [-0.1, -0.05) is 46.8 Å². The first-order chi connectivity index (χ1) is 8.30. The second-order valence-corrected chi connectivity index (χ2v) is 6.20. The first-order valence-corrected chi connectivity index (χ1v) is 6.41. The largest absolute Gasteiger partial charge is 0.478 e. The van der Waals surface area contributed by atoms with Crippen LogP contribution in [-0.2, 0) is 10.2 Å². The molecule has 0 bridgehead atoms. The molecule has 0 saturated heterocycles. The van der Waals surface area contributed by atoms with E-state index in [9.17, 15) is 4.79 Å². The van der Waals surface area contributed by atoms with Gasteiger partial charge in [-0.25, -0.2) is 0 Å². The minimum absolute atomic E-state index is 0.00502. The Morgan fingerprint density at radius 2 is 1.94 bits per heavy atom. The van der Waals surface area contributed by atoms with Gasteiger partial charge in [-0.15, -0.1) is 0 Å². The first kappa shape index (κ1) is 12.9. The molecule has 0 fully saturated rings. The van der Waals surface area contributed by atoms with E-state index in [4.69, 9.17) is 4.74 Å². The van der Waals surface area contributed by atoms with Crippen LogP contribution >= 0.6 is 0 Å². The van der Waals surface area contributed by atoms with Crippen LogP contribution in [0.1, 0.15) is 40.2 Å². The Kier molecular flexibility index (Phi) is 3.09. The van der Waals surface area contributed by atoms with Gasteiger partial charge in [0.25, 0.3) is 5.91 Å². The third-order valence-corrected chi connectivity index (χ3v) is 3.19. The van der Waals surface area contributed by atoms with Gasteiger partial charge in [-0.3, -0.25) is 4.79 Å². The summed E-state index contributed by atoms with van der Waals surface area (Å²) in [6, 6.07) is 5.91. The van der Waals surface area contributed by atoms with Crippen molar-refractivity contribution in [3.05, 3.63) is 23.8 Å². The summed E-state index contributed by atoms with van der Waals surface area (Å²) in [4.78, 5) is 11.9. The number of ether oxygens (including phenoxy) is 1. The van der Waals surface area contributed by atoms with Crippen molar-refractivity contribution in [1.82, 2.24) is 0 Å². The van der Waals surface area contributed by atoms with E-state index in [1.807, 2.05) is 26.0 Å². The zero-order valence-corrected chi connectivity index (χ0v) is 11.7. The minimum atomic E-state index is -0.402. The van der Waals surface area contributed by atoms with Crippen LogP contribution in [0.3, 0.4) is 0 Å². The summed E-state index contributed by atoms with van der Waals surface area (Å²) in [5.41, 5.74) is 1.91. The Morgan fingerprint density at radius 3 is 2.50 bits per heavy atom. The van der Waals surface area contributed by atoms with Crippen molar-refractivity contribution in [3.63, 3.8) is 0 Å². The SMILES string of the molecule is CC(C)C1Oc2c(cccc2C(C)(C)C)NC1=O. The number of nitrogens with one attached hydrogen (secondary N) is 1. The molecule has 1 atom stereocenters. The average Bonchev–Trinajstić information content (AvgIpc) is 2.25. The molecule has 18 heavy (non-hydrogen) atoms. The second-order valence-electron chi connectivity index (χ2n) is 6.20. The molecular formula is C15H21NO2. The van der Waals surface area contributed by atoms with Crippen LogP contribution < -0.4 is 10.1 Å². The van der Waals surface area contributed by atoms with E-state index in [-0.39, 0.29) is 17.2 Å². The molecule has 0 radical (unpaired) electrons. The van der Waals surface area contributed by atoms with Crippen molar-refractivity contribution in [2.45, 2.75) is 46.1 Å². The third kappa shape index (κ3) is 2.22. The van der Waals surface area contributed by atoms with Gasteiger partial charge in [0.05, 0.1) is 5.69 Å². The highest BCUT2D eigenvalue weighted by molar-refractivity contribution is 5.98. The highest BCUT2D eigenvalue weighted by Gasteiger charge is 2.33. The van der Waals surface area contributed by atoms with E-state index in [1.165, 1.54) is 0 Å². The summed E-state index contributed by atoms with van der Waals surface area (Å²) in [6.45, 7) is 10.4. The van der Waals surface area contributed by atoms with Crippen molar-refractivity contribution in [1.29, 1.82) is 0 Å². The van der Waals surface area contributed by atoms with E-state index < -0.39 is 6.10 Å². The fourth-order valence-corrected chi connectivity index (χ4v) is 2.18. The van der Waals surface area contributed by atoms with Gasteiger partial charge in [0.1, 0.15) is 5.75 Å². The Balaban J connectivity index is 2.48. The standard InChI is InChI=1S/C15H21NO2/c1-9(2)12-14(17)16-11-8-6-7-10(13(11)18-12)15(3,4)5/h6-9,12H,1-5H3,(H,16,17). The molecule has 1 heterocycles. The molecule has 2 rings (SSSR count).